The lowest BCUT2D eigenvalue weighted by Crippen LogP contribution is -2.51. The third-order valence-corrected chi connectivity index (χ3v) is 5.52. The topological polar surface area (TPSA) is 128 Å². The highest BCUT2D eigenvalue weighted by Gasteiger charge is 2.72. The maximum atomic E-state index is 6.15. The predicted octanol–water partition coefficient (Wildman–Crippen LogP) is -4.36. The normalized spacial score (nSPS) is 66.0. The zero-order valence-electron chi connectivity index (χ0n) is 12.7. The Morgan fingerprint density at radius 2 is 0.500 bits per heavy atom. The highest BCUT2D eigenvalue weighted by atomic mass is 17.0. The molecule has 0 aromatic rings. The molecule has 7 aliphatic heterocycles. The average molecular weight is 342 g/mol. The van der Waals surface area contributed by atoms with E-state index in [1.54, 1.807) is 0 Å². The highest BCUT2D eigenvalue weighted by Crippen LogP contribution is 2.46. The Bertz CT molecular complexity index is 458. The Hall–Kier alpha value is -0.480. The molecule has 0 unspecified atom stereocenters. The standard InChI is InChI=1S/C12H18N6O6/c1-7-14-3-9(20-7)16-5-11(22-9)18-6-12(24-11)17-4-10(23-12)15-2-8(13-1,19-7)21-10/h13-18H,1-6H2. The second-order valence-corrected chi connectivity index (χ2v) is 7.25. The van der Waals surface area contributed by atoms with Crippen molar-refractivity contribution in [3.63, 3.8) is 0 Å². The third kappa shape index (κ3) is 1.51. The molecule has 132 valence electrons. The minimum atomic E-state index is -1.05. The van der Waals surface area contributed by atoms with Crippen molar-refractivity contribution in [2.24, 2.45) is 0 Å². The Morgan fingerprint density at radius 1 is 0.333 bits per heavy atom. The van der Waals surface area contributed by atoms with Gasteiger partial charge in [-0.25, -0.2) is 0 Å². The van der Waals surface area contributed by atoms with Crippen molar-refractivity contribution in [1.82, 2.24) is 31.9 Å². The van der Waals surface area contributed by atoms with E-state index in [4.69, 9.17) is 28.4 Å². The summed E-state index contributed by atoms with van der Waals surface area (Å²) in [6.07, 6.45) is 0. The van der Waals surface area contributed by atoms with Crippen molar-refractivity contribution in [3.05, 3.63) is 0 Å². The summed E-state index contributed by atoms with van der Waals surface area (Å²) in [4.78, 5) is 0. The van der Waals surface area contributed by atoms with Gasteiger partial charge in [-0.2, -0.15) is 0 Å². The smallest absolute Gasteiger partial charge is 0.248 e. The molecule has 0 amide bonds. The Morgan fingerprint density at radius 3 is 0.667 bits per heavy atom. The van der Waals surface area contributed by atoms with E-state index in [2.05, 4.69) is 31.9 Å². The SMILES string of the molecule is C1NC23CNC4(CNC5(CNC6(CNC7(CNC1(O2)O7)O6)O5)O4)O3. The van der Waals surface area contributed by atoms with E-state index in [-0.39, 0.29) is 0 Å². The molecule has 0 aliphatic carbocycles. The summed E-state index contributed by atoms with van der Waals surface area (Å²) in [7, 11) is 0. The summed E-state index contributed by atoms with van der Waals surface area (Å²) in [6.45, 7) is 2.40. The predicted molar refractivity (Wildman–Crippen MR) is 70.9 cm³/mol. The molecule has 12 nitrogen and oxygen atoms in total. The van der Waals surface area contributed by atoms with Gasteiger partial charge >= 0.3 is 0 Å². The fourth-order valence-electron chi connectivity index (χ4n) is 4.47. The van der Waals surface area contributed by atoms with Crippen LogP contribution in [-0.2, 0) is 28.4 Å². The molecule has 0 aromatic carbocycles. The van der Waals surface area contributed by atoms with Crippen molar-refractivity contribution in [1.29, 1.82) is 0 Å². The number of nitrogens with one attached hydrogen (secondary N) is 6. The van der Waals surface area contributed by atoms with Crippen molar-refractivity contribution in [2.45, 2.75) is 35.5 Å². The van der Waals surface area contributed by atoms with Crippen LogP contribution in [0.1, 0.15) is 0 Å². The molecule has 7 saturated heterocycles. The van der Waals surface area contributed by atoms with Gasteiger partial charge in [0.2, 0.25) is 35.5 Å². The zero-order chi connectivity index (χ0) is 15.7. The lowest BCUT2D eigenvalue weighted by atomic mass is 10.4. The summed E-state index contributed by atoms with van der Waals surface area (Å²) in [5.41, 5.74) is 0. The van der Waals surface area contributed by atoms with Crippen LogP contribution in [0.3, 0.4) is 0 Å². The first kappa shape index (κ1) is 13.7. The molecular weight excluding hydrogens is 324 g/mol. The van der Waals surface area contributed by atoms with Crippen LogP contribution in [-0.4, -0.2) is 74.7 Å². The van der Waals surface area contributed by atoms with Crippen molar-refractivity contribution >= 4 is 0 Å². The molecular formula is C12H18N6O6. The van der Waals surface area contributed by atoms with Gasteiger partial charge in [0, 0.05) is 0 Å². The maximum absolute atomic E-state index is 6.15. The van der Waals surface area contributed by atoms with Gasteiger partial charge in [0.1, 0.15) is 0 Å². The molecule has 0 aromatic heterocycles. The first-order chi connectivity index (χ1) is 11.5. The van der Waals surface area contributed by atoms with E-state index in [1.807, 2.05) is 0 Å². The molecule has 6 N–H and O–H groups in total. The van der Waals surface area contributed by atoms with Gasteiger partial charge in [0.25, 0.3) is 0 Å². The Balaban J connectivity index is 1.36. The molecule has 0 atom stereocenters. The summed E-state index contributed by atoms with van der Waals surface area (Å²) in [5.74, 6) is -6.29. The maximum Gasteiger partial charge on any atom is 0.248 e. The van der Waals surface area contributed by atoms with Gasteiger partial charge in [-0.3, -0.25) is 60.3 Å². The summed E-state index contributed by atoms with van der Waals surface area (Å²) in [6, 6.07) is 0. The minimum Gasteiger partial charge on any atom is -0.288 e. The highest BCUT2D eigenvalue weighted by molar-refractivity contribution is 5.05. The van der Waals surface area contributed by atoms with Crippen LogP contribution >= 0.6 is 0 Å². The van der Waals surface area contributed by atoms with Crippen LogP contribution in [0.5, 0.6) is 0 Å². The van der Waals surface area contributed by atoms with Crippen molar-refractivity contribution in [2.75, 3.05) is 39.3 Å². The molecule has 7 aliphatic rings. The Kier molecular flexibility index (Phi) is 2.08. The van der Waals surface area contributed by atoms with E-state index in [1.165, 1.54) is 0 Å². The van der Waals surface area contributed by atoms with Crippen molar-refractivity contribution < 1.29 is 28.4 Å². The molecule has 7 fully saturated rings. The molecule has 7 heterocycles. The average Bonchev–Trinajstić information content (AvgIpc) is 3.35. The first-order valence-corrected chi connectivity index (χ1v) is 8.19. The lowest BCUT2D eigenvalue weighted by Gasteiger charge is -2.33. The number of rotatable bonds is 0. The second kappa shape index (κ2) is 3.64. The van der Waals surface area contributed by atoms with Crippen LogP contribution in [0, 0.1) is 0 Å². The van der Waals surface area contributed by atoms with E-state index < -0.39 is 35.5 Å². The van der Waals surface area contributed by atoms with Crippen LogP contribution in [0.4, 0.5) is 0 Å². The van der Waals surface area contributed by atoms with E-state index in [9.17, 15) is 0 Å². The monoisotopic (exact) mass is 342 g/mol. The van der Waals surface area contributed by atoms with Gasteiger partial charge in [-0.05, 0) is 0 Å². The number of ether oxygens (including phenoxy) is 6. The van der Waals surface area contributed by atoms with Gasteiger partial charge < -0.3 is 0 Å². The third-order valence-electron chi connectivity index (χ3n) is 5.52. The second-order valence-electron chi connectivity index (χ2n) is 7.25. The summed E-state index contributed by atoms with van der Waals surface area (Å²) >= 11 is 0. The molecule has 6 bridgehead atoms. The molecule has 0 saturated carbocycles. The van der Waals surface area contributed by atoms with Crippen molar-refractivity contribution in [3.8, 4) is 0 Å². The lowest BCUT2D eigenvalue weighted by molar-refractivity contribution is -0.427. The van der Waals surface area contributed by atoms with Gasteiger partial charge in [0.15, 0.2) is 0 Å². The minimum absolute atomic E-state index is 0.400. The quantitative estimate of drug-likeness (QED) is 0.255. The molecule has 7 rings (SSSR count). The van der Waals surface area contributed by atoms with E-state index >= 15 is 0 Å². The number of hydrogen-bond acceptors (Lipinski definition) is 12. The largest absolute Gasteiger partial charge is 0.288 e. The number of hydrogen-bond donors (Lipinski definition) is 6. The van der Waals surface area contributed by atoms with Gasteiger partial charge in [-0.1, -0.05) is 0 Å². The molecule has 12 heteroatoms. The van der Waals surface area contributed by atoms with Gasteiger partial charge in [-0.15, -0.1) is 0 Å². The first-order valence-electron chi connectivity index (χ1n) is 8.19. The fraction of sp³-hybridized carbons (Fsp3) is 1.00. The summed E-state index contributed by atoms with van der Waals surface area (Å²) in [5, 5.41) is 19.5. The van der Waals surface area contributed by atoms with Gasteiger partial charge in [0.05, 0.1) is 39.3 Å². The molecule has 6 spiro atoms. The zero-order valence-corrected chi connectivity index (χ0v) is 12.7. The fourth-order valence-corrected chi connectivity index (χ4v) is 4.47. The molecule has 24 heavy (non-hydrogen) atoms. The van der Waals surface area contributed by atoms with Crippen LogP contribution in [0.25, 0.3) is 0 Å². The van der Waals surface area contributed by atoms with Crippen LogP contribution in [0.15, 0.2) is 0 Å². The van der Waals surface area contributed by atoms with E-state index in [0.717, 1.165) is 0 Å². The van der Waals surface area contributed by atoms with E-state index in [0.29, 0.717) is 39.3 Å². The Labute approximate surface area is 136 Å². The van der Waals surface area contributed by atoms with Crippen LogP contribution < -0.4 is 31.9 Å². The molecule has 0 radical (unpaired) electrons. The summed E-state index contributed by atoms with van der Waals surface area (Å²) < 4.78 is 36.9. The van der Waals surface area contributed by atoms with Crippen LogP contribution in [0.2, 0.25) is 0 Å².